The number of thiophene rings is 1. The summed E-state index contributed by atoms with van der Waals surface area (Å²) >= 11 is 1.12. The lowest BCUT2D eigenvalue weighted by Crippen LogP contribution is -2.31. The zero-order valence-electron chi connectivity index (χ0n) is 39.9. The van der Waals surface area contributed by atoms with Crippen molar-refractivity contribution in [2.24, 2.45) is 22.1 Å². The van der Waals surface area contributed by atoms with Crippen LogP contribution in [0.1, 0.15) is 120 Å². The Morgan fingerprint density at radius 2 is 1.25 bits per heavy atom. The SMILES string of the molecule is [C-]#[N+]c1sc(N=Nc2ccc(N(CCOCCOCCOC(=O)CC(C/C=C/CCCCCC)C(=O)O)CCOCCOC(=O)CC(C/C=C/CCCCCC)C(=O)O)cc2C)c(C#N)c1C. The molecule has 2 unspecified atom stereocenters. The summed E-state index contributed by atoms with van der Waals surface area (Å²) in [6.07, 6.45) is 18.6. The molecule has 368 valence electrons. The topological polar surface area (TPSA) is 211 Å². The van der Waals surface area contributed by atoms with E-state index in [0.29, 0.717) is 46.5 Å². The van der Waals surface area contributed by atoms with Crippen molar-refractivity contribution in [3.8, 4) is 6.07 Å². The van der Waals surface area contributed by atoms with Gasteiger partial charge in [0.25, 0.3) is 0 Å². The van der Waals surface area contributed by atoms with E-state index in [4.69, 9.17) is 30.3 Å². The molecule has 0 bridgehead atoms. The maximum Gasteiger partial charge on any atom is 0.307 e. The highest BCUT2D eigenvalue weighted by atomic mass is 32.1. The minimum Gasteiger partial charge on any atom is -0.481 e. The number of unbranched alkanes of at least 4 members (excludes halogenated alkanes) is 8. The number of allylic oxidation sites excluding steroid dienone is 4. The predicted octanol–water partition coefficient (Wildman–Crippen LogP) is 11.2. The van der Waals surface area contributed by atoms with E-state index < -0.39 is 35.7 Å². The molecule has 1 aromatic heterocycles. The van der Waals surface area contributed by atoms with E-state index in [1.807, 2.05) is 49.4 Å². The van der Waals surface area contributed by atoms with Crippen LogP contribution in [0.4, 0.5) is 21.4 Å². The van der Waals surface area contributed by atoms with Crippen LogP contribution in [-0.2, 0) is 42.9 Å². The average molecular weight is 950 g/mol. The molecule has 0 saturated carbocycles. The van der Waals surface area contributed by atoms with Crippen molar-refractivity contribution in [1.29, 1.82) is 5.26 Å². The van der Waals surface area contributed by atoms with Crippen LogP contribution in [0.15, 0.2) is 52.7 Å². The van der Waals surface area contributed by atoms with Crippen molar-refractivity contribution >= 4 is 56.6 Å². The van der Waals surface area contributed by atoms with Crippen molar-refractivity contribution in [3.05, 3.63) is 70.6 Å². The van der Waals surface area contributed by atoms with Crippen LogP contribution in [0, 0.1) is 43.6 Å². The molecule has 16 nitrogen and oxygen atoms in total. The molecule has 2 N–H and O–H groups in total. The standard InChI is InChI=1S/C50H71N5O11S/c1-6-8-10-12-14-16-18-20-40(49(58)59)35-45(56)65-32-30-63-27-25-55(42-22-23-44(38(3)34-42)53-54-48-43(37-51)39(4)47(52-5)67-48)24-26-62-28-29-64-31-33-66-46(57)36-41(50(60)61)21-19-17-15-13-11-9-7-2/h16-19,22-23,34,40-41H,6-15,20-21,24-33,35-36H2,1-4H3,(H,58,59)(H,60,61)/b18-16+,19-17+,54-53?. The van der Waals surface area contributed by atoms with Crippen molar-refractivity contribution < 1.29 is 53.1 Å². The van der Waals surface area contributed by atoms with Gasteiger partial charge in [0.05, 0.1) is 82.1 Å². The smallest absolute Gasteiger partial charge is 0.307 e. The van der Waals surface area contributed by atoms with Gasteiger partial charge in [-0.25, -0.2) is 4.85 Å². The molecule has 0 fully saturated rings. The van der Waals surface area contributed by atoms with Crippen LogP contribution in [0.5, 0.6) is 0 Å². The maximum atomic E-state index is 12.5. The Balaban J connectivity index is 1.88. The summed E-state index contributed by atoms with van der Waals surface area (Å²) in [5.41, 5.74) is 3.18. The molecule has 0 aliphatic rings. The van der Waals surface area contributed by atoms with Crippen molar-refractivity contribution in [2.45, 2.75) is 118 Å². The number of aryl methyl sites for hydroxylation is 1. The fourth-order valence-electron chi connectivity index (χ4n) is 6.61. The Morgan fingerprint density at radius 3 is 1.72 bits per heavy atom. The molecule has 0 spiro atoms. The van der Waals surface area contributed by atoms with Gasteiger partial charge in [0.2, 0.25) is 5.00 Å². The number of nitriles is 1. The second-order valence-corrected chi connectivity index (χ2v) is 16.9. The molecule has 0 radical (unpaired) electrons. The Hall–Kier alpha value is -5.46. The summed E-state index contributed by atoms with van der Waals surface area (Å²) in [6, 6.07) is 7.76. The molecule has 67 heavy (non-hydrogen) atoms. The summed E-state index contributed by atoms with van der Waals surface area (Å²) in [5.74, 6) is -4.95. The fraction of sp³-hybridized carbons (Fsp3) is 0.600. The van der Waals surface area contributed by atoms with E-state index in [0.717, 1.165) is 74.0 Å². The van der Waals surface area contributed by atoms with Crippen molar-refractivity contribution in [1.82, 2.24) is 0 Å². The summed E-state index contributed by atoms with van der Waals surface area (Å²) in [5, 5.41) is 38.2. The number of benzene rings is 1. The van der Waals surface area contributed by atoms with Crippen LogP contribution in [0.2, 0.25) is 0 Å². The first-order valence-corrected chi connectivity index (χ1v) is 24.2. The molecule has 1 aromatic carbocycles. The number of carboxylic acid groups (broad SMARTS) is 2. The van der Waals surface area contributed by atoms with Gasteiger partial charge in [0, 0.05) is 18.8 Å². The summed E-state index contributed by atoms with van der Waals surface area (Å²) < 4.78 is 27.7. The van der Waals surface area contributed by atoms with Gasteiger partial charge in [-0.1, -0.05) is 76.7 Å². The molecule has 17 heteroatoms. The number of carbonyl (C=O) groups excluding carboxylic acids is 2. The second kappa shape index (κ2) is 35.7. The minimum atomic E-state index is -1.04. The van der Waals surface area contributed by atoms with E-state index >= 15 is 0 Å². The lowest BCUT2D eigenvalue weighted by Gasteiger charge is -2.25. The molecule has 2 atom stereocenters. The van der Waals surface area contributed by atoms with E-state index in [9.17, 15) is 34.7 Å². The van der Waals surface area contributed by atoms with Gasteiger partial charge in [-0.15, -0.1) is 21.6 Å². The molecule has 2 aromatic rings. The molecule has 2 rings (SSSR count). The van der Waals surface area contributed by atoms with Gasteiger partial charge in [-0.3, -0.25) is 19.2 Å². The number of aliphatic carboxylic acids is 2. The van der Waals surface area contributed by atoms with Gasteiger partial charge in [0.15, 0.2) is 0 Å². The van der Waals surface area contributed by atoms with Crippen LogP contribution in [0.25, 0.3) is 4.85 Å². The first-order chi connectivity index (χ1) is 32.4. The third-order valence-corrected chi connectivity index (χ3v) is 11.7. The Morgan fingerprint density at radius 1 is 0.746 bits per heavy atom. The van der Waals surface area contributed by atoms with Gasteiger partial charge in [0.1, 0.15) is 24.3 Å². The molecule has 0 amide bonds. The van der Waals surface area contributed by atoms with Crippen LogP contribution >= 0.6 is 11.3 Å². The highest BCUT2D eigenvalue weighted by Crippen LogP contribution is 2.41. The second-order valence-electron chi connectivity index (χ2n) is 16.0. The number of hydrogen-bond donors (Lipinski definition) is 2. The molecule has 0 aliphatic carbocycles. The van der Waals surface area contributed by atoms with E-state index in [1.54, 1.807) is 6.92 Å². The molecular weight excluding hydrogens is 879 g/mol. The van der Waals surface area contributed by atoms with E-state index in [-0.39, 0.29) is 71.9 Å². The average Bonchev–Trinajstić information content (AvgIpc) is 3.62. The third-order valence-electron chi connectivity index (χ3n) is 10.6. The number of carbonyl (C=O) groups is 4. The predicted molar refractivity (Wildman–Crippen MR) is 258 cm³/mol. The van der Waals surface area contributed by atoms with E-state index in [2.05, 4.69) is 39.9 Å². The van der Waals surface area contributed by atoms with Gasteiger partial charge < -0.3 is 38.8 Å². The lowest BCUT2D eigenvalue weighted by molar-refractivity contribution is -0.152. The summed E-state index contributed by atoms with van der Waals surface area (Å²) in [4.78, 5) is 53.7. The largest absolute Gasteiger partial charge is 0.481 e. The first kappa shape index (κ1) is 57.7. The molecular formula is C50H71N5O11S. The van der Waals surface area contributed by atoms with Crippen LogP contribution in [0.3, 0.4) is 0 Å². The van der Waals surface area contributed by atoms with Gasteiger partial charge >= 0.3 is 23.9 Å². The number of anilines is 1. The molecule has 1 heterocycles. The number of ether oxygens (including phenoxy) is 5. The Kier molecular flexibility index (Phi) is 30.7. The van der Waals surface area contributed by atoms with Crippen LogP contribution < -0.4 is 4.90 Å². The van der Waals surface area contributed by atoms with Crippen molar-refractivity contribution in [3.63, 3.8) is 0 Å². The Bertz CT molecular complexity index is 1970. The van der Waals surface area contributed by atoms with E-state index in [1.165, 1.54) is 12.8 Å². The monoisotopic (exact) mass is 949 g/mol. The molecule has 0 aliphatic heterocycles. The summed E-state index contributed by atoms with van der Waals surface area (Å²) in [6.45, 7) is 17.6. The number of hydrogen-bond acceptors (Lipinski definition) is 14. The minimum absolute atomic E-state index is 0.00539. The number of azo groups is 1. The van der Waals surface area contributed by atoms with Crippen molar-refractivity contribution in [2.75, 3.05) is 70.8 Å². The van der Waals surface area contributed by atoms with Gasteiger partial charge in [-0.2, -0.15) is 5.26 Å². The quantitative estimate of drug-likeness (QED) is 0.0211. The normalized spacial score (nSPS) is 12.3. The number of carboxylic acids is 2. The maximum absolute atomic E-state index is 12.5. The summed E-state index contributed by atoms with van der Waals surface area (Å²) in [7, 11) is 0. The highest BCUT2D eigenvalue weighted by Gasteiger charge is 2.22. The lowest BCUT2D eigenvalue weighted by atomic mass is 10.0. The zero-order valence-corrected chi connectivity index (χ0v) is 40.7. The number of nitrogens with zero attached hydrogens (tertiary/aromatic N) is 5. The highest BCUT2D eigenvalue weighted by molar-refractivity contribution is 7.20. The zero-order chi connectivity index (χ0) is 49.1. The van der Waals surface area contributed by atoms with Crippen LogP contribution in [-0.4, -0.2) is 100 Å². The van der Waals surface area contributed by atoms with Gasteiger partial charge in [-0.05, 0) is 81.7 Å². The number of rotatable bonds is 38. The first-order valence-electron chi connectivity index (χ1n) is 23.4. The Labute approximate surface area is 400 Å². The third kappa shape index (κ3) is 24.8. The number of esters is 2. The fourth-order valence-corrected chi connectivity index (χ4v) is 7.48. The molecule has 0 saturated heterocycles.